The van der Waals surface area contributed by atoms with Crippen molar-refractivity contribution in [3.8, 4) is 11.5 Å². The van der Waals surface area contributed by atoms with E-state index in [0.717, 1.165) is 41.1 Å². The van der Waals surface area contributed by atoms with E-state index in [9.17, 15) is 0 Å². The van der Waals surface area contributed by atoms with E-state index in [0.29, 0.717) is 6.54 Å². The average molecular weight is 255 g/mol. The Kier molecular flexibility index (Phi) is 3.05. The fourth-order valence-corrected chi connectivity index (χ4v) is 2.34. The van der Waals surface area contributed by atoms with Crippen molar-refractivity contribution in [2.45, 2.75) is 26.4 Å². The number of fused-ring (bicyclic) bond motifs is 1. The lowest BCUT2D eigenvalue weighted by atomic mass is 10.2. The second-order valence-electron chi connectivity index (χ2n) is 4.58. The van der Waals surface area contributed by atoms with Crippen LogP contribution in [0.1, 0.15) is 18.9 Å². The van der Waals surface area contributed by atoms with Gasteiger partial charge in [0.1, 0.15) is 5.69 Å². The lowest BCUT2D eigenvalue weighted by molar-refractivity contribution is 0.702. The molecule has 0 aliphatic heterocycles. The number of rotatable bonds is 4. The van der Waals surface area contributed by atoms with Crippen molar-refractivity contribution in [3.63, 3.8) is 0 Å². The predicted molar refractivity (Wildman–Crippen MR) is 75.5 cm³/mol. The van der Waals surface area contributed by atoms with Gasteiger partial charge in [-0.2, -0.15) is 5.10 Å². The van der Waals surface area contributed by atoms with E-state index in [-0.39, 0.29) is 0 Å². The molecule has 98 valence electrons. The number of benzene rings is 1. The van der Waals surface area contributed by atoms with Gasteiger partial charge in [0.15, 0.2) is 5.82 Å². The number of nitrogens with zero attached hydrogens (tertiary/aromatic N) is 3. The predicted octanol–water partition coefficient (Wildman–Crippen LogP) is 2.30. The second-order valence-corrected chi connectivity index (χ2v) is 4.58. The maximum Gasteiger partial charge on any atom is 0.159 e. The molecule has 0 bridgehead atoms. The van der Waals surface area contributed by atoms with Crippen LogP contribution in [0.5, 0.6) is 0 Å². The van der Waals surface area contributed by atoms with E-state index in [4.69, 9.17) is 10.7 Å². The van der Waals surface area contributed by atoms with Crippen LogP contribution in [0.3, 0.4) is 0 Å². The highest BCUT2D eigenvalue weighted by Gasteiger charge is 2.13. The zero-order valence-electron chi connectivity index (χ0n) is 10.9. The smallest absolute Gasteiger partial charge is 0.159 e. The number of aryl methyl sites for hydroxylation is 1. The molecule has 0 aliphatic rings. The molecular weight excluding hydrogens is 238 g/mol. The summed E-state index contributed by atoms with van der Waals surface area (Å²) in [5, 5.41) is 6.99. The van der Waals surface area contributed by atoms with Crippen LogP contribution < -0.4 is 5.73 Å². The molecule has 3 N–H and O–H groups in total. The number of aromatic nitrogens is 4. The third-order valence-electron chi connectivity index (χ3n) is 3.24. The summed E-state index contributed by atoms with van der Waals surface area (Å²) in [6.07, 6.45) is 2.81. The highest BCUT2D eigenvalue weighted by Crippen LogP contribution is 2.24. The summed E-state index contributed by atoms with van der Waals surface area (Å²) in [6.45, 7) is 3.64. The molecule has 0 amide bonds. The molecule has 2 heterocycles. The zero-order chi connectivity index (χ0) is 13.2. The quantitative estimate of drug-likeness (QED) is 0.751. The topological polar surface area (TPSA) is 72.5 Å². The number of H-pyrrole nitrogens is 1. The van der Waals surface area contributed by atoms with Gasteiger partial charge in [-0.05, 0) is 30.2 Å². The number of aromatic amines is 1. The monoisotopic (exact) mass is 255 g/mol. The maximum absolute atomic E-state index is 5.69. The number of nitrogens with one attached hydrogen (secondary N) is 1. The Morgan fingerprint density at radius 3 is 2.89 bits per heavy atom. The van der Waals surface area contributed by atoms with Gasteiger partial charge in [0, 0.05) is 19.3 Å². The summed E-state index contributed by atoms with van der Waals surface area (Å²) in [6, 6.07) is 8.16. The van der Waals surface area contributed by atoms with E-state index in [2.05, 4.69) is 39.9 Å². The Hall–Kier alpha value is -2.14. The SMILES string of the molecule is CCCn1c(-c2ccn[nH]2)nc2cc(CN)ccc21. The number of nitrogens with two attached hydrogens (primary N) is 1. The summed E-state index contributed by atoms with van der Waals surface area (Å²) in [7, 11) is 0. The van der Waals surface area contributed by atoms with Gasteiger partial charge in [-0.15, -0.1) is 0 Å². The molecule has 0 aliphatic carbocycles. The van der Waals surface area contributed by atoms with Crippen LogP contribution in [0.4, 0.5) is 0 Å². The Bertz CT molecular complexity index is 681. The Labute approximate surface area is 111 Å². The van der Waals surface area contributed by atoms with Crippen molar-refractivity contribution in [1.29, 1.82) is 0 Å². The summed E-state index contributed by atoms with van der Waals surface area (Å²) in [5.41, 5.74) is 9.86. The largest absolute Gasteiger partial charge is 0.326 e. The van der Waals surface area contributed by atoms with E-state index in [1.807, 2.05) is 6.07 Å². The third-order valence-corrected chi connectivity index (χ3v) is 3.24. The van der Waals surface area contributed by atoms with Crippen LogP contribution in [0, 0.1) is 0 Å². The molecule has 1 aromatic carbocycles. The van der Waals surface area contributed by atoms with Gasteiger partial charge in [0.05, 0.1) is 11.0 Å². The fourth-order valence-electron chi connectivity index (χ4n) is 2.34. The van der Waals surface area contributed by atoms with Crippen molar-refractivity contribution >= 4 is 11.0 Å². The minimum Gasteiger partial charge on any atom is -0.326 e. The van der Waals surface area contributed by atoms with Gasteiger partial charge < -0.3 is 10.3 Å². The van der Waals surface area contributed by atoms with Gasteiger partial charge >= 0.3 is 0 Å². The van der Waals surface area contributed by atoms with E-state index < -0.39 is 0 Å². The molecule has 0 unspecified atom stereocenters. The molecule has 0 atom stereocenters. The molecular formula is C14H17N5. The first-order valence-corrected chi connectivity index (χ1v) is 6.52. The number of imidazole rings is 1. The van der Waals surface area contributed by atoms with Crippen LogP contribution in [0.25, 0.3) is 22.6 Å². The highest BCUT2D eigenvalue weighted by atomic mass is 15.2. The first-order valence-electron chi connectivity index (χ1n) is 6.52. The molecule has 3 aromatic rings. The molecule has 19 heavy (non-hydrogen) atoms. The van der Waals surface area contributed by atoms with Crippen LogP contribution >= 0.6 is 0 Å². The van der Waals surface area contributed by atoms with Crippen LogP contribution in [-0.2, 0) is 13.1 Å². The Balaban J connectivity index is 2.22. The maximum atomic E-state index is 5.69. The van der Waals surface area contributed by atoms with E-state index >= 15 is 0 Å². The van der Waals surface area contributed by atoms with Crippen molar-refractivity contribution in [3.05, 3.63) is 36.0 Å². The minimum absolute atomic E-state index is 0.538. The standard InChI is InChI=1S/C14H17N5/c1-2-7-19-13-4-3-10(9-15)8-12(13)17-14(19)11-5-6-16-18-11/h3-6,8H,2,7,9,15H2,1H3,(H,16,18). The lowest BCUT2D eigenvalue weighted by Crippen LogP contribution is -2.00. The van der Waals surface area contributed by atoms with Gasteiger partial charge in [0.25, 0.3) is 0 Å². The molecule has 5 nitrogen and oxygen atoms in total. The van der Waals surface area contributed by atoms with Gasteiger partial charge in [-0.1, -0.05) is 13.0 Å². The van der Waals surface area contributed by atoms with Gasteiger partial charge in [-0.25, -0.2) is 4.98 Å². The molecule has 0 saturated carbocycles. The molecule has 0 spiro atoms. The zero-order valence-corrected chi connectivity index (χ0v) is 10.9. The minimum atomic E-state index is 0.538. The van der Waals surface area contributed by atoms with Crippen LogP contribution in [-0.4, -0.2) is 19.7 Å². The van der Waals surface area contributed by atoms with Crippen LogP contribution in [0.15, 0.2) is 30.5 Å². The highest BCUT2D eigenvalue weighted by molar-refractivity contribution is 5.80. The molecule has 0 fully saturated rings. The van der Waals surface area contributed by atoms with E-state index in [1.165, 1.54) is 0 Å². The first-order chi connectivity index (χ1) is 9.33. The molecule has 5 heteroatoms. The normalized spacial score (nSPS) is 11.3. The summed E-state index contributed by atoms with van der Waals surface area (Å²) < 4.78 is 2.23. The van der Waals surface area contributed by atoms with Gasteiger partial charge in [-0.3, -0.25) is 5.10 Å². The number of hydrogen-bond donors (Lipinski definition) is 2. The van der Waals surface area contributed by atoms with Crippen molar-refractivity contribution in [2.24, 2.45) is 5.73 Å². The van der Waals surface area contributed by atoms with Gasteiger partial charge in [0.2, 0.25) is 0 Å². The summed E-state index contributed by atoms with van der Waals surface area (Å²) >= 11 is 0. The Morgan fingerprint density at radius 2 is 2.21 bits per heavy atom. The molecule has 3 rings (SSSR count). The van der Waals surface area contributed by atoms with Crippen molar-refractivity contribution < 1.29 is 0 Å². The summed E-state index contributed by atoms with van der Waals surface area (Å²) in [4.78, 5) is 4.72. The fraction of sp³-hybridized carbons (Fsp3) is 0.286. The molecule has 0 radical (unpaired) electrons. The first kappa shape index (κ1) is 11.9. The van der Waals surface area contributed by atoms with E-state index in [1.54, 1.807) is 6.20 Å². The van der Waals surface area contributed by atoms with Crippen molar-refractivity contribution in [2.75, 3.05) is 0 Å². The summed E-state index contributed by atoms with van der Waals surface area (Å²) in [5.74, 6) is 0.934. The van der Waals surface area contributed by atoms with Crippen molar-refractivity contribution in [1.82, 2.24) is 19.7 Å². The van der Waals surface area contributed by atoms with Crippen LogP contribution in [0.2, 0.25) is 0 Å². The third kappa shape index (κ3) is 2.02. The number of hydrogen-bond acceptors (Lipinski definition) is 3. The molecule has 2 aromatic heterocycles. The average Bonchev–Trinajstić information content (AvgIpc) is 3.06. The second kappa shape index (κ2) is 4.85. The lowest BCUT2D eigenvalue weighted by Gasteiger charge is -2.06. The Morgan fingerprint density at radius 1 is 1.32 bits per heavy atom. The molecule has 0 saturated heterocycles.